The zero-order valence-corrected chi connectivity index (χ0v) is 22.7. The van der Waals surface area contributed by atoms with Gasteiger partial charge >= 0.3 is 0 Å². The van der Waals surface area contributed by atoms with Crippen molar-refractivity contribution in [1.29, 1.82) is 0 Å². The highest BCUT2D eigenvalue weighted by Crippen LogP contribution is 2.31. The molecule has 0 radical (unpaired) electrons. The molecule has 194 valence electrons. The molecular formula is C33H42N4. The summed E-state index contributed by atoms with van der Waals surface area (Å²) in [5.41, 5.74) is 14.4. The summed E-state index contributed by atoms with van der Waals surface area (Å²) in [6.45, 7) is 18.6. The molecule has 4 rings (SSSR count). The van der Waals surface area contributed by atoms with Crippen LogP contribution in [0.15, 0.2) is 92.0 Å². The van der Waals surface area contributed by atoms with Gasteiger partial charge in [-0.3, -0.25) is 4.98 Å². The smallest absolute Gasteiger partial charge is 0.0707 e. The zero-order chi connectivity index (χ0) is 26.8. The number of aromatic nitrogens is 2. The molecule has 0 unspecified atom stereocenters. The van der Waals surface area contributed by atoms with Gasteiger partial charge in [0, 0.05) is 39.1 Å². The Morgan fingerprint density at radius 3 is 2.54 bits per heavy atom. The molecule has 2 heterocycles. The van der Waals surface area contributed by atoms with Gasteiger partial charge in [0.25, 0.3) is 0 Å². The lowest BCUT2D eigenvalue weighted by atomic mass is 9.86. The number of nitrogens with two attached hydrogens (primary N) is 1. The number of allylic oxidation sites excluding steroid dienone is 5. The quantitative estimate of drug-likeness (QED) is 0.260. The zero-order valence-electron chi connectivity index (χ0n) is 22.7. The minimum atomic E-state index is 0.597. The lowest BCUT2D eigenvalue weighted by molar-refractivity contribution is 0.353. The lowest BCUT2D eigenvalue weighted by Crippen LogP contribution is -2.16. The van der Waals surface area contributed by atoms with Crippen molar-refractivity contribution in [3.63, 3.8) is 0 Å². The topological polar surface area (TPSA) is 66.7 Å². The van der Waals surface area contributed by atoms with E-state index < -0.39 is 0 Å². The minimum Gasteiger partial charge on any atom is -0.397 e. The Morgan fingerprint density at radius 1 is 1.14 bits per heavy atom. The van der Waals surface area contributed by atoms with Gasteiger partial charge in [0.15, 0.2) is 0 Å². The van der Waals surface area contributed by atoms with Crippen molar-refractivity contribution in [1.82, 2.24) is 15.3 Å². The monoisotopic (exact) mass is 494 g/mol. The number of rotatable bonds is 9. The molecule has 1 saturated carbocycles. The second kappa shape index (κ2) is 13.5. The van der Waals surface area contributed by atoms with Crippen LogP contribution in [0.2, 0.25) is 0 Å². The molecule has 0 saturated heterocycles. The Labute approximate surface area is 222 Å². The molecule has 1 fully saturated rings. The molecule has 4 N–H and O–H groups in total. The van der Waals surface area contributed by atoms with Gasteiger partial charge in [-0.2, -0.15) is 0 Å². The average molecular weight is 495 g/mol. The first-order valence-electron chi connectivity index (χ1n) is 13.5. The van der Waals surface area contributed by atoms with E-state index in [0.29, 0.717) is 5.69 Å². The number of pyridine rings is 1. The van der Waals surface area contributed by atoms with Crippen LogP contribution < -0.4 is 11.1 Å². The molecule has 3 aromatic rings. The SMILES string of the molecule is C=C/C(=C\C(=C/C)c1cc(C(=C)c2cc3ccccc3[nH]2)c(N)cn1)NC(=C)CC1CCCCC1.CC. The third-order valence-corrected chi connectivity index (χ3v) is 6.83. The van der Waals surface area contributed by atoms with E-state index in [-0.39, 0.29) is 0 Å². The van der Waals surface area contributed by atoms with Crippen molar-refractivity contribution >= 4 is 27.7 Å². The highest BCUT2D eigenvalue weighted by atomic mass is 14.9. The summed E-state index contributed by atoms with van der Waals surface area (Å²) in [5.74, 6) is 0.730. The highest BCUT2D eigenvalue weighted by Gasteiger charge is 2.15. The molecule has 0 aliphatic heterocycles. The van der Waals surface area contributed by atoms with Gasteiger partial charge in [-0.15, -0.1) is 0 Å². The summed E-state index contributed by atoms with van der Waals surface area (Å²) in [6.07, 6.45) is 15.3. The van der Waals surface area contributed by atoms with E-state index in [1.165, 1.54) is 32.1 Å². The van der Waals surface area contributed by atoms with Crippen LogP contribution >= 0.6 is 0 Å². The van der Waals surface area contributed by atoms with Gasteiger partial charge in [-0.05, 0) is 55.2 Å². The van der Waals surface area contributed by atoms with E-state index in [0.717, 1.165) is 62.7 Å². The van der Waals surface area contributed by atoms with Crippen molar-refractivity contribution in [2.75, 3.05) is 5.73 Å². The lowest BCUT2D eigenvalue weighted by Gasteiger charge is -2.23. The fourth-order valence-corrected chi connectivity index (χ4v) is 4.88. The predicted molar refractivity (Wildman–Crippen MR) is 162 cm³/mol. The number of benzene rings is 1. The van der Waals surface area contributed by atoms with Gasteiger partial charge < -0.3 is 16.0 Å². The Hall–Kier alpha value is -3.79. The fourth-order valence-electron chi connectivity index (χ4n) is 4.88. The number of hydrogen-bond donors (Lipinski definition) is 3. The summed E-state index contributed by atoms with van der Waals surface area (Å²) in [6, 6.07) is 12.3. The van der Waals surface area contributed by atoms with E-state index in [4.69, 9.17) is 5.73 Å². The summed E-state index contributed by atoms with van der Waals surface area (Å²) < 4.78 is 0. The first-order chi connectivity index (χ1) is 18.0. The first kappa shape index (κ1) is 27.8. The van der Waals surface area contributed by atoms with Crippen LogP contribution in [0.3, 0.4) is 0 Å². The molecule has 4 heteroatoms. The predicted octanol–water partition coefficient (Wildman–Crippen LogP) is 8.78. The third kappa shape index (κ3) is 7.13. The third-order valence-electron chi connectivity index (χ3n) is 6.83. The van der Waals surface area contributed by atoms with Crippen LogP contribution in [0, 0.1) is 5.92 Å². The molecule has 0 bridgehead atoms. The Morgan fingerprint density at radius 2 is 1.86 bits per heavy atom. The van der Waals surface area contributed by atoms with E-state index in [1.54, 1.807) is 6.20 Å². The first-order valence-corrected chi connectivity index (χ1v) is 13.5. The molecule has 4 nitrogen and oxygen atoms in total. The van der Waals surface area contributed by atoms with E-state index in [2.05, 4.69) is 59.3 Å². The van der Waals surface area contributed by atoms with E-state index in [9.17, 15) is 0 Å². The maximum absolute atomic E-state index is 6.33. The number of hydrogen-bond acceptors (Lipinski definition) is 3. The molecule has 0 atom stereocenters. The van der Waals surface area contributed by atoms with Crippen molar-refractivity contribution in [2.24, 2.45) is 5.92 Å². The number of fused-ring (bicyclic) bond motifs is 1. The van der Waals surface area contributed by atoms with E-state index in [1.807, 2.05) is 51.1 Å². The molecule has 1 aliphatic rings. The molecular weight excluding hydrogens is 452 g/mol. The van der Waals surface area contributed by atoms with Crippen LogP contribution in [-0.4, -0.2) is 9.97 Å². The number of H-pyrrole nitrogens is 1. The molecule has 1 aromatic carbocycles. The van der Waals surface area contributed by atoms with Gasteiger partial charge in [0.1, 0.15) is 0 Å². The Kier molecular flexibility index (Phi) is 10.1. The van der Waals surface area contributed by atoms with Crippen molar-refractivity contribution in [3.8, 4) is 0 Å². The maximum Gasteiger partial charge on any atom is 0.0707 e. The summed E-state index contributed by atoms with van der Waals surface area (Å²) >= 11 is 0. The number of aromatic amines is 1. The maximum atomic E-state index is 6.33. The van der Waals surface area contributed by atoms with Gasteiger partial charge in [0.05, 0.1) is 17.6 Å². The number of anilines is 1. The number of para-hydroxylation sites is 1. The van der Waals surface area contributed by atoms with Gasteiger partial charge in [-0.1, -0.05) is 90.0 Å². The van der Waals surface area contributed by atoms with Crippen molar-refractivity contribution < 1.29 is 0 Å². The number of nitrogen functional groups attached to an aromatic ring is 1. The van der Waals surface area contributed by atoms with Gasteiger partial charge in [0.2, 0.25) is 0 Å². The summed E-state index contributed by atoms with van der Waals surface area (Å²) in [4.78, 5) is 8.06. The average Bonchev–Trinajstić information content (AvgIpc) is 3.37. The minimum absolute atomic E-state index is 0.597. The number of nitrogens with one attached hydrogen (secondary N) is 2. The molecule has 37 heavy (non-hydrogen) atoms. The highest BCUT2D eigenvalue weighted by molar-refractivity contribution is 5.91. The fraction of sp³-hybridized carbons (Fsp3) is 0.303. The second-order valence-electron chi connectivity index (χ2n) is 9.39. The van der Waals surface area contributed by atoms with E-state index >= 15 is 0 Å². The largest absolute Gasteiger partial charge is 0.397 e. The molecule has 0 spiro atoms. The van der Waals surface area contributed by atoms with Crippen LogP contribution in [0.25, 0.3) is 22.0 Å². The number of nitrogens with zero attached hydrogens (tertiary/aromatic N) is 1. The summed E-state index contributed by atoms with van der Waals surface area (Å²) in [5, 5.41) is 4.61. The summed E-state index contributed by atoms with van der Waals surface area (Å²) in [7, 11) is 0. The Balaban J connectivity index is 0.00000186. The molecule has 0 amide bonds. The van der Waals surface area contributed by atoms with Crippen molar-refractivity contribution in [3.05, 3.63) is 109 Å². The van der Waals surface area contributed by atoms with Crippen LogP contribution in [-0.2, 0) is 0 Å². The standard InChI is InChI=1S/C31H36N4.C2H6/c1-5-24(17-26(6-2)34-21(3)16-23-12-8-7-9-13-23)31-19-27(28(32)20-33-31)22(4)30-18-25-14-10-11-15-29(25)35-30;1-2/h5-6,10-11,14-15,17-20,23,34-35H,2-4,7-9,12-13,16,32H2,1H3;1-2H3/b24-5+,26-17+;. The van der Waals surface area contributed by atoms with Crippen molar-refractivity contribution in [2.45, 2.75) is 59.3 Å². The van der Waals surface area contributed by atoms with Gasteiger partial charge in [-0.25, -0.2) is 0 Å². The normalized spacial score (nSPS) is 14.6. The van der Waals surface area contributed by atoms with Crippen LogP contribution in [0.5, 0.6) is 0 Å². The molecule has 2 aromatic heterocycles. The Bertz CT molecular complexity index is 1270. The van der Waals surface area contributed by atoms with Crippen LogP contribution in [0.1, 0.15) is 76.2 Å². The van der Waals surface area contributed by atoms with Crippen LogP contribution in [0.4, 0.5) is 5.69 Å². The second-order valence-corrected chi connectivity index (χ2v) is 9.39. The molecule has 1 aliphatic carbocycles.